The maximum Gasteiger partial charge on any atom is 0.0489 e. The summed E-state index contributed by atoms with van der Waals surface area (Å²) in [5, 5.41) is 4.72. The van der Waals surface area contributed by atoms with E-state index in [1.807, 2.05) is 6.20 Å². The number of hydrogen-bond donors (Lipinski definition) is 2. The second-order valence-electron chi connectivity index (χ2n) is 4.74. The van der Waals surface area contributed by atoms with Crippen LogP contribution in [0.1, 0.15) is 11.1 Å². The molecule has 0 aliphatic carbocycles. The number of hydrogen-bond acceptors (Lipinski definition) is 1. The van der Waals surface area contributed by atoms with Crippen molar-refractivity contribution in [3.63, 3.8) is 0 Å². The number of fused-ring (bicyclic) bond motifs is 1. The van der Waals surface area contributed by atoms with Crippen LogP contribution in [0.15, 0.2) is 53.1 Å². The number of aromatic amines is 1. The molecule has 2 nitrogen and oxygen atoms in total. The molecular weight excluding hydrogens is 300 g/mol. The highest BCUT2D eigenvalue weighted by Gasteiger charge is 2.01. The molecular formula is C16H15BrN2. The van der Waals surface area contributed by atoms with Gasteiger partial charge in [-0.3, -0.25) is 0 Å². The van der Waals surface area contributed by atoms with Gasteiger partial charge in [0.1, 0.15) is 0 Å². The summed E-state index contributed by atoms with van der Waals surface area (Å²) in [5.41, 5.74) is 4.85. The lowest BCUT2D eigenvalue weighted by Gasteiger charge is -2.09. The summed E-state index contributed by atoms with van der Waals surface area (Å²) in [7, 11) is 0. The van der Waals surface area contributed by atoms with Gasteiger partial charge in [-0.2, -0.15) is 0 Å². The van der Waals surface area contributed by atoms with Crippen LogP contribution in [0.2, 0.25) is 0 Å². The van der Waals surface area contributed by atoms with Gasteiger partial charge in [-0.25, -0.2) is 0 Å². The molecule has 0 bridgehead atoms. The van der Waals surface area contributed by atoms with Gasteiger partial charge in [0, 0.05) is 28.4 Å². The van der Waals surface area contributed by atoms with Gasteiger partial charge in [0.15, 0.2) is 0 Å². The van der Waals surface area contributed by atoms with E-state index < -0.39 is 0 Å². The molecule has 0 radical (unpaired) electrons. The van der Waals surface area contributed by atoms with Crippen LogP contribution in [-0.4, -0.2) is 4.98 Å². The molecule has 96 valence electrons. The molecule has 0 saturated carbocycles. The Morgan fingerprint density at radius 1 is 1.11 bits per heavy atom. The predicted octanol–water partition coefficient (Wildman–Crippen LogP) is 4.85. The highest BCUT2D eigenvalue weighted by atomic mass is 79.9. The van der Waals surface area contributed by atoms with E-state index in [0.29, 0.717) is 0 Å². The fourth-order valence-corrected chi connectivity index (χ4v) is 2.57. The number of benzene rings is 2. The summed E-state index contributed by atoms with van der Waals surface area (Å²) < 4.78 is 1.10. The SMILES string of the molecule is Cc1ccc(Br)c(NCc2ccc3[nH]ccc3c2)c1. The first-order chi connectivity index (χ1) is 9.22. The van der Waals surface area contributed by atoms with Crippen LogP contribution in [-0.2, 0) is 6.54 Å². The van der Waals surface area contributed by atoms with Crippen LogP contribution in [0.25, 0.3) is 10.9 Å². The second-order valence-corrected chi connectivity index (χ2v) is 5.59. The lowest BCUT2D eigenvalue weighted by atomic mass is 10.1. The number of aromatic nitrogens is 1. The zero-order chi connectivity index (χ0) is 13.2. The zero-order valence-electron chi connectivity index (χ0n) is 10.7. The average molecular weight is 315 g/mol. The van der Waals surface area contributed by atoms with Gasteiger partial charge in [-0.05, 0) is 69.7 Å². The zero-order valence-corrected chi connectivity index (χ0v) is 12.3. The summed E-state index contributed by atoms with van der Waals surface area (Å²) in [4.78, 5) is 3.21. The minimum Gasteiger partial charge on any atom is -0.380 e. The van der Waals surface area contributed by atoms with Gasteiger partial charge in [0.2, 0.25) is 0 Å². The number of anilines is 1. The van der Waals surface area contributed by atoms with Gasteiger partial charge in [0.05, 0.1) is 0 Å². The van der Waals surface area contributed by atoms with Crippen LogP contribution in [0.5, 0.6) is 0 Å². The molecule has 0 saturated heterocycles. The first kappa shape index (κ1) is 12.3. The lowest BCUT2D eigenvalue weighted by molar-refractivity contribution is 1.15. The van der Waals surface area contributed by atoms with Crippen molar-refractivity contribution in [2.45, 2.75) is 13.5 Å². The molecule has 3 rings (SSSR count). The molecule has 3 heteroatoms. The van der Waals surface area contributed by atoms with Crippen molar-refractivity contribution in [1.82, 2.24) is 4.98 Å². The molecule has 0 amide bonds. The van der Waals surface area contributed by atoms with E-state index in [-0.39, 0.29) is 0 Å². The fourth-order valence-electron chi connectivity index (χ4n) is 2.18. The van der Waals surface area contributed by atoms with Crippen molar-refractivity contribution in [3.05, 3.63) is 64.3 Å². The summed E-state index contributed by atoms with van der Waals surface area (Å²) in [6.07, 6.45) is 1.97. The van der Waals surface area contributed by atoms with Crippen molar-refractivity contribution in [1.29, 1.82) is 0 Å². The van der Waals surface area contributed by atoms with Crippen LogP contribution in [0, 0.1) is 6.92 Å². The molecule has 0 spiro atoms. The van der Waals surface area contributed by atoms with Crippen molar-refractivity contribution in [2.75, 3.05) is 5.32 Å². The monoisotopic (exact) mass is 314 g/mol. The quantitative estimate of drug-likeness (QED) is 0.710. The standard InChI is InChI=1S/C16H15BrN2/c1-11-2-4-14(17)16(8-11)19-10-12-3-5-15-13(9-12)6-7-18-15/h2-9,18-19H,10H2,1H3. The third kappa shape index (κ3) is 2.66. The van der Waals surface area contributed by atoms with Crippen molar-refractivity contribution in [3.8, 4) is 0 Å². The first-order valence-electron chi connectivity index (χ1n) is 6.28. The molecule has 0 aliphatic rings. The van der Waals surface area contributed by atoms with Crippen LogP contribution in [0.4, 0.5) is 5.69 Å². The van der Waals surface area contributed by atoms with Crippen molar-refractivity contribution in [2.24, 2.45) is 0 Å². The van der Waals surface area contributed by atoms with Gasteiger partial charge in [-0.15, -0.1) is 0 Å². The largest absolute Gasteiger partial charge is 0.380 e. The Morgan fingerprint density at radius 3 is 2.89 bits per heavy atom. The van der Waals surface area contributed by atoms with Gasteiger partial charge in [0.25, 0.3) is 0 Å². The number of halogens is 1. The fraction of sp³-hybridized carbons (Fsp3) is 0.125. The van der Waals surface area contributed by atoms with Crippen LogP contribution < -0.4 is 5.32 Å². The second kappa shape index (κ2) is 5.10. The van der Waals surface area contributed by atoms with Crippen LogP contribution in [0.3, 0.4) is 0 Å². The number of H-pyrrole nitrogens is 1. The molecule has 2 aromatic carbocycles. The first-order valence-corrected chi connectivity index (χ1v) is 7.08. The molecule has 0 unspecified atom stereocenters. The van der Waals surface area contributed by atoms with E-state index in [1.165, 1.54) is 22.0 Å². The van der Waals surface area contributed by atoms with Crippen molar-refractivity contribution < 1.29 is 0 Å². The Labute approximate surface area is 121 Å². The molecule has 3 aromatic rings. The smallest absolute Gasteiger partial charge is 0.0489 e. The summed E-state index contributed by atoms with van der Waals surface area (Å²) in [5.74, 6) is 0. The molecule has 1 aromatic heterocycles. The Bertz CT molecular complexity index is 716. The van der Waals surface area contributed by atoms with Gasteiger partial charge >= 0.3 is 0 Å². The molecule has 0 atom stereocenters. The molecule has 19 heavy (non-hydrogen) atoms. The number of nitrogens with one attached hydrogen (secondary N) is 2. The van der Waals surface area contributed by atoms with Gasteiger partial charge < -0.3 is 10.3 Å². The summed E-state index contributed by atoms with van der Waals surface area (Å²) in [6, 6.07) is 14.9. The number of aryl methyl sites for hydroxylation is 1. The maximum absolute atomic E-state index is 3.57. The minimum atomic E-state index is 0.823. The third-order valence-electron chi connectivity index (χ3n) is 3.22. The van der Waals surface area contributed by atoms with Gasteiger partial charge in [-0.1, -0.05) is 12.1 Å². The highest BCUT2D eigenvalue weighted by Crippen LogP contribution is 2.24. The Morgan fingerprint density at radius 2 is 2.00 bits per heavy atom. The Balaban J connectivity index is 1.79. The molecule has 2 N–H and O–H groups in total. The van der Waals surface area contributed by atoms with E-state index in [2.05, 4.69) is 75.6 Å². The van der Waals surface area contributed by atoms with E-state index in [0.717, 1.165) is 16.7 Å². The topological polar surface area (TPSA) is 27.8 Å². The molecule has 0 fully saturated rings. The van der Waals surface area contributed by atoms with E-state index in [4.69, 9.17) is 0 Å². The Kier molecular flexibility index (Phi) is 3.30. The maximum atomic E-state index is 3.57. The van der Waals surface area contributed by atoms with E-state index in [9.17, 15) is 0 Å². The molecule has 0 aliphatic heterocycles. The van der Waals surface area contributed by atoms with Crippen molar-refractivity contribution >= 4 is 32.5 Å². The summed E-state index contributed by atoms with van der Waals surface area (Å²) >= 11 is 3.57. The van der Waals surface area contributed by atoms with E-state index >= 15 is 0 Å². The third-order valence-corrected chi connectivity index (χ3v) is 3.91. The number of rotatable bonds is 3. The predicted molar refractivity (Wildman–Crippen MR) is 84.5 cm³/mol. The minimum absolute atomic E-state index is 0.823. The normalized spacial score (nSPS) is 10.8. The van der Waals surface area contributed by atoms with E-state index in [1.54, 1.807) is 0 Å². The lowest BCUT2D eigenvalue weighted by Crippen LogP contribution is -2.00. The molecule has 1 heterocycles. The highest BCUT2D eigenvalue weighted by molar-refractivity contribution is 9.10. The van der Waals surface area contributed by atoms with Crippen LogP contribution >= 0.6 is 15.9 Å². The summed E-state index contributed by atoms with van der Waals surface area (Å²) in [6.45, 7) is 2.92. The Hall–Kier alpha value is -1.74. The average Bonchev–Trinajstić information content (AvgIpc) is 2.87.